The maximum Gasteiger partial charge on any atom is 0.377 e. The Balaban J connectivity index is 1.48. The zero-order valence-electron chi connectivity index (χ0n) is 16.2. The van der Waals surface area contributed by atoms with E-state index in [4.69, 9.17) is 18.9 Å². The fourth-order valence-corrected chi connectivity index (χ4v) is 2.46. The molecule has 0 atom stereocenters. The van der Waals surface area contributed by atoms with Gasteiger partial charge in [0.05, 0.1) is 7.11 Å². The molecule has 0 aromatic heterocycles. The third-order valence-electron chi connectivity index (χ3n) is 3.96. The Hall–Kier alpha value is -4.01. The number of nitrogens with one attached hydrogen (secondary N) is 2. The molecule has 9 nitrogen and oxygen atoms in total. The van der Waals surface area contributed by atoms with Crippen molar-refractivity contribution in [1.29, 1.82) is 0 Å². The number of anilines is 2. The van der Waals surface area contributed by atoms with E-state index in [1.165, 1.54) is 0 Å². The molecule has 0 unspecified atom stereocenters. The van der Waals surface area contributed by atoms with E-state index >= 15 is 0 Å². The van der Waals surface area contributed by atoms with Gasteiger partial charge in [-0.1, -0.05) is 0 Å². The highest BCUT2D eigenvalue weighted by molar-refractivity contribution is 6.04. The van der Waals surface area contributed by atoms with E-state index in [9.17, 15) is 14.4 Å². The first-order valence-corrected chi connectivity index (χ1v) is 9.02. The summed E-state index contributed by atoms with van der Waals surface area (Å²) >= 11 is 0. The van der Waals surface area contributed by atoms with Crippen molar-refractivity contribution >= 4 is 29.2 Å². The van der Waals surface area contributed by atoms with Crippen molar-refractivity contribution < 1.29 is 33.3 Å². The maximum atomic E-state index is 12.3. The van der Waals surface area contributed by atoms with Crippen LogP contribution in [0, 0.1) is 0 Å². The first-order valence-electron chi connectivity index (χ1n) is 9.02. The van der Waals surface area contributed by atoms with Crippen LogP contribution in [0.5, 0.6) is 5.75 Å². The second kappa shape index (κ2) is 9.97. The van der Waals surface area contributed by atoms with E-state index in [-0.39, 0.29) is 18.3 Å². The number of carbonyl (C=O) groups excluding carboxylic acids is 3. The van der Waals surface area contributed by atoms with Crippen LogP contribution >= 0.6 is 0 Å². The molecule has 0 fully saturated rings. The lowest BCUT2D eigenvalue weighted by Crippen LogP contribution is -2.23. The van der Waals surface area contributed by atoms with E-state index < -0.39 is 18.5 Å². The fraction of sp³-hybridized carbons (Fsp3) is 0.190. The van der Waals surface area contributed by atoms with Gasteiger partial charge in [-0.2, -0.15) is 0 Å². The zero-order chi connectivity index (χ0) is 21.3. The minimum atomic E-state index is -0.782. The van der Waals surface area contributed by atoms with Crippen molar-refractivity contribution in [2.24, 2.45) is 0 Å². The standard InChI is InChI=1S/C21H20N2O7/c1-27-17-8-6-16(7-9-17)23-20(25)14-2-4-15(5-3-14)22-19(24)13-30-21(26)18-12-28-10-11-29-18/h2-9,12H,10-11,13H2,1H3,(H,22,24)(H,23,25). The monoisotopic (exact) mass is 412 g/mol. The van der Waals surface area contributed by atoms with Gasteiger partial charge >= 0.3 is 5.97 Å². The summed E-state index contributed by atoms with van der Waals surface area (Å²) in [6.07, 6.45) is 1.15. The van der Waals surface area contributed by atoms with Gasteiger partial charge in [0.25, 0.3) is 11.8 Å². The Bertz CT molecular complexity index is 937. The number of esters is 1. The largest absolute Gasteiger partial charge is 0.497 e. The van der Waals surface area contributed by atoms with Gasteiger partial charge < -0.3 is 29.6 Å². The Labute approximate surface area is 172 Å². The van der Waals surface area contributed by atoms with E-state index in [0.717, 1.165) is 6.26 Å². The minimum absolute atomic E-state index is 0.0822. The van der Waals surface area contributed by atoms with Crippen molar-refractivity contribution in [3.05, 3.63) is 66.1 Å². The van der Waals surface area contributed by atoms with Crippen LogP contribution in [0.1, 0.15) is 10.4 Å². The molecule has 3 rings (SSSR count). The summed E-state index contributed by atoms with van der Waals surface area (Å²) in [7, 11) is 1.57. The lowest BCUT2D eigenvalue weighted by molar-refractivity contribution is -0.148. The third-order valence-corrected chi connectivity index (χ3v) is 3.96. The molecule has 0 bridgehead atoms. The van der Waals surface area contributed by atoms with Gasteiger partial charge in [-0.15, -0.1) is 0 Å². The molecule has 1 aliphatic rings. The molecule has 2 N–H and O–H groups in total. The van der Waals surface area contributed by atoms with Crippen LogP contribution in [0.25, 0.3) is 0 Å². The number of hydrogen-bond acceptors (Lipinski definition) is 7. The van der Waals surface area contributed by atoms with Crippen LogP contribution in [-0.4, -0.2) is 44.7 Å². The Morgan fingerprint density at radius 2 is 1.60 bits per heavy atom. The maximum absolute atomic E-state index is 12.3. The summed E-state index contributed by atoms with van der Waals surface area (Å²) in [5, 5.41) is 5.34. The topological polar surface area (TPSA) is 112 Å². The third kappa shape index (κ3) is 5.74. The Morgan fingerprint density at radius 1 is 0.933 bits per heavy atom. The molecule has 2 amide bonds. The smallest absolute Gasteiger partial charge is 0.377 e. The molecule has 0 spiro atoms. The highest BCUT2D eigenvalue weighted by Gasteiger charge is 2.18. The average molecular weight is 412 g/mol. The number of rotatable bonds is 7. The van der Waals surface area contributed by atoms with Gasteiger partial charge in [0.15, 0.2) is 6.61 Å². The normalized spacial score (nSPS) is 12.5. The van der Waals surface area contributed by atoms with Crippen molar-refractivity contribution in [3.8, 4) is 5.75 Å². The van der Waals surface area contributed by atoms with E-state index in [1.54, 1.807) is 55.6 Å². The highest BCUT2D eigenvalue weighted by atomic mass is 16.6. The first-order chi connectivity index (χ1) is 14.5. The molecule has 1 heterocycles. The lowest BCUT2D eigenvalue weighted by atomic mass is 10.2. The summed E-state index contributed by atoms with van der Waals surface area (Å²) in [6, 6.07) is 13.2. The average Bonchev–Trinajstić information content (AvgIpc) is 2.79. The van der Waals surface area contributed by atoms with Crippen LogP contribution < -0.4 is 15.4 Å². The van der Waals surface area contributed by atoms with E-state index in [1.807, 2.05) is 0 Å². The van der Waals surface area contributed by atoms with Gasteiger partial charge in [-0.25, -0.2) is 4.79 Å². The van der Waals surface area contributed by atoms with Gasteiger partial charge in [0.1, 0.15) is 25.2 Å². The molecule has 156 valence electrons. The Morgan fingerprint density at radius 3 is 2.23 bits per heavy atom. The van der Waals surface area contributed by atoms with E-state index in [2.05, 4.69) is 10.6 Å². The van der Waals surface area contributed by atoms with Crippen molar-refractivity contribution in [1.82, 2.24) is 0 Å². The fourth-order valence-electron chi connectivity index (χ4n) is 2.46. The van der Waals surface area contributed by atoms with Gasteiger partial charge in [-0.05, 0) is 48.5 Å². The van der Waals surface area contributed by atoms with E-state index in [0.29, 0.717) is 29.3 Å². The molecule has 30 heavy (non-hydrogen) atoms. The Kier molecular flexibility index (Phi) is 6.88. The van der Waals surface area contributed by atoms with Gasteiger partial charge in [-0.3, -0.25) is 9.59 Å². The number of benzene rings is 2. The van der Waals surface area contributed by atoms with Crippen molar-refractivity contribution in [2.75, 3.05) is 37.6 Å². The van der Waals surface area contributed by atoms with Crippen LogP contribution in [0.3, 0.4) is 0 Å². The number of amides is 2. The lowest BCUT2D eigenvalue weighted by Gasteiger charge is -2.14. The van der Waals surface area contributed by atoms with Crippen molar-refractivity contribution in [3.63, 3.8) is 0 Å². The molecule has 1 aliphatic heterocycles. The first kappa shape index (κ1) is 20.7. The summed E-state index contributed by atoms with van der Waals surface area (Å²) in [5.74, 6) is -1.00. The second-order valence-corrected chi connectivity index (χ2v) is 6.09. The second-order valence-electron chi connectivity index (χ2n) is 6.09. The number of hydrogen-bond donors (Lipinski definition) is 2. The van der Waals surface area contributed by atoms with Crippen LogP contribution in [-0.2, 0) is 23.8 Å². The molecule has 2 aromatic carbocycles. The van der Waals surface area contributed by atoms with Gasteiger partial charge in [0, 0.05) is 16.9 Å². The minimum Gasteiger partial charge on any atom is -0.497 e. The predicted molar refractivity (Wildman–Crippen MR) is 107 cm³/mol. The number of carbonyl (C=O) groups is 3. The van der Waals surface area contributed by atoms with Crippen LogP contribution in [0.2, 0.25) is 0 Å². The molecular formula is C21H20N2O7. The van der Waals surface area contributed by atoms with Crippen LogP contribution in [0.4, 0.5) is 11.4 Å². The summed E-state index contributed by atoms with van der Waals surface area (Å²) in [6.45, 7) is 0.107. The van der Waals surface area contributed by atoms with Gasteiger partial charge in [0.2, 0.25) is 5.76 Å². The highest BCUT2D eigenvalue weighted by Crippen LogP contribution is 2.17. The molecule has 0 radical (unpaired) electrons. The summed E-state index contributed by atoms with van der Waals surface area (Å²) in [5.41, 5.74) is 1.49. The van der Waals surface area contributed by atoms with Crippen molar-refractivity contribution in [2.45, 2.75) is 0 Å². The summed E-state index contributed by atoms with van der Waals surface area (Å²) in [4.78, 5) is 36.0. The zero-order valence-corrected chi connectivity index (χ0v) is 16.2. The summed E-state index contributed by atoms with van der Waals surface area (Å²) < 4.78 is 20.0. The number of ether oxygens (including phenoxy) is 4. The SMILES string of the molecule is COc1ccc(NC(=O)c2ccc(NC(=O)COC(=O)C3=COCCO3)cc2)cc1. The molecule has 9 heteroatoms. The molecule has 0 aliphatic carbocycles. The molecular weight excluding hydrogens is 392 g/mol. The number of methoxy groups -OCH3 is 1. The predicted octanol–water partition coefficient (Wildman–Crippen LogP) is 2.32. The molecule has 0 saturated heterocycles. The molecule has 2 aromatic rings. The molecule has 0 saturated carbocycles. The van der Waals surface area contributed by atoms with Crippen LogP contribution in [0.15, 0.2) is 60.6 Å². The quantitative estimate of drug-likeness (QED) is 0.671.